The Bertz CT molecular complexity index is 824. The minimum absolute atomic E-state index is 0.0109. The number of ether oxygens (including phenoxy) is 1. The molecule has 1 aromatic heterocycles. The standard InChI is InChI=1S/C18H19FN2O3/c1-18(2)7-6-13-15(16(18)22)11(9-20-13)17(23)21-14-8-10(24-3)4-5-12(14)19/h4-5,8-9,20H,6-7H2,1-3H3,(H,21,23). The van der Waals surface area contributed by atoms with Crippen LogP contribution in [-0.4, -0.2) is 23.8 Å². The molecule has 5 nitrogen and oxygen atoms in total. The molecule has 0 saturated carbocycles. The number of halogens is 1. The summed E-state index contributed by atoms with van der Waals surface area (Å²) in [6.45, 7) is 3.74. The molecule has 0 unspecified atom stereocenters. The predicted octanol–water partition coefficient (Wildman–Crippen LogP) is 3.57. The highest BCUT2D eigenvalue weighted by atomic mass is 19.1. The zero-order valence-electron chi connectivity index (χ0n) is 13.8. The molecule has 0 atom stereocenters. The van der Waals surface area contributed by atoms with Crippen molar-refractivity contribution in [2.45, 2.75) is 26.7 Å². The minimum atomic E-state index is -0.569. The quantitative estimate of drug-likeness (QED) is 0.904. The van der Waals surface area contributed by atoms with E-state index in [0.29, 0.717) is 17.7 Å². The Balaban J connectivity index is 1.93. The lowest BCUT2D eigenvalue weighted by molar-refractivity contribution is 0.0805. The number of carbonyl (C=O) groups is 2. The summed E-state index contributed by atoms with van der Waals surface area (Å²) < 4.78 is 18.9. The first kappa shape index (κ1) is 16.2. The highest BCUT2D eigenvalue weighted by Gasteiger charge is 2.38. The van der Waals surface area contributed by atoms with Crippen LogP contribution in [0.2, 0.25) is 0 Å². The third-order valence-electron chi connectivity index (χ3n) is 4.47. The Hall–Kier alpha value is -2.63. The summed E-state index contributed by atoms with van der Waals surface area (Å²) in [7, 11) is 1.46. The number of methoxy groups -OCH3 is 1. The van der Waals surface area contributed by atoms with Crippen molar-refractivity contribution >= 4 is 17.4 Å². The first-order chi connectivity index (χ1) is 11.3. The number of amides is 1. The lowest BCUT2D eigenvalue weighted by atomic mass is 9.74. The van der Waals surface area contributed by atoms with Gasteiger partial charge in [0.05, 0.1) is 23.9 Å². The molecule has 1 amide bonds. The van der Waals surface area contributed by atoms with Crippen LogP contribution >= 0.6 is 0 Å². The van der Waals surface area contributed by atoms with Crippen molar-refractivity contribution in [2.24, 2.45) is 5.41 Å². The summed E-state index contributed by atoms with van der Waals surface area (Å²) in [6, 6.07) is 4.09. The van der Waals surface area contributed by atoms with E-state index in [0.717, 1.165) is 12.1 Å². The van der Waals surface area contributed by atoms with Gasteiger partial charge in [0.25, 0.3) is 5.91 Å². The van der Waals surface area contributed by atoms with Gasteiger partial charge >= 0.3 is 0 Å². The van der Waals surface area contributed by atoms with Crippen LogP contribution in [0.3, 0.4) is 0 Å². The van der Waals surface area contributed by atoms with Gasteiger partial charge in [0.1, 0.15) is 11.6 Å². The lowest BCUT2D eigenvalue weighted by Crippen LogP contribution is -2.31. The summed E-state index contributed by atoms with van der Waals surface area (Å²) in [4.78, 5) is 28.2. The molecule has 0 radical (unpaired) electrons. The molecule has 24 heavy (non-hydrogen) atoms. The van der Waals surface area contributed by atoms with E-state index < -0.39 is 17.1 Å². The number of H-pyrrole nitrogens is 1. The Morgan fingerprint density at radius 2 is 2.12 bits per heavy atom. The Morgan fingerprint density at radius 3 is 2.83 bits per heavy atom. The van der Waals surface area contributed by atoms with Crippen LogP contribution in [-0.2, 0) is 6.42 Å². The molecule has 0 spiro atoms. The molecule has 0 bridgehead atoms. The fourth-order valence-electron chi connectivity index (χ4n) is 2.91. The van der Waals surface area contributed by atoms with Gasteiger partial charge in [0.15, 0.2) is 5.78 Å². The number of anilines is 1. The fourth-order valence-corrected chi connectivity index (χ4v) is 2.91. The second-order valence-corrected chi connectivity index (χ2v) is 6.57. The van der Waals surface area contributed by atoms with E-state index in [2.05, 4.69) is 10.3 Å². The number of aryl methyl sites for hydroxylation is 1. The average molecular weight is 330 g/mol. The molecule has 1 aliphatic rings. The molecule has 2 N–H and O–H groups in total. The SMILES string of the molecule is COc1ccc(F)c(NC(=O)c2c[nH]c3c2C(=O)C(C)(C)CC3)c1. The number of aromatic nitrogens is 1. The number of benzene rings is 1. The smallest absolute Gasteiger partial charge is 0.258 e. The van der Waals surface area contributed by atoms with Gasteiger partial charge in [-0.15, -0.1) is 0 Å². The van der Waals surface area contributed by atoms with Gasteiger partial charge in [-0.25, -0.2) is 4.39 Å². The van der Waals surface area contributed by atoms with Gasteiger partial charge < -0.3 is 15.0 Å². The van der Waals surface area contributed by atoms with Gasteiger partial charge in [0.2, 0.25) is 0 Å². The monoisotopic (exact) mass is 330 g/mol. The summed E-state index contributed by atoms with van der Waals surface area (Å²) in [5, 5.41) is 2.52. The van der Waals surface area contributed by atoms with Gasteiger partial charge in [-0.1, -0.05) is 13.8 Å². The van der Waals surface area contributed by atoms with Gasteiger partial charge in [0, 0.05) is 23.4 Å². The van der Waals surface area contributed by atoms with Crippen LogP contribution < -0.4 is 10.1 Å². The van der Waals surface area contributed by atoms with E-state index >= 15 is 0 Å². The van der Waals surface area contributed by atoms with Gasteiger partial charge in [-0.05, 0) is 25.0 Å². The summed E-state index contributed by atoms with van der Waals surface area (Å²) in [5.41, 5.74) is 0.912. The lowest BCUT2D eigenvalue weighted by Gasteiger charge is -2.28. The highest BCUT2D eigenvalue weighted by Crippen LogP contribution is 2.36. The summed E-state index contributed by atoms with van der Waals surface area (Å²) >= 11 is 0. The number of rotatable bonds is 3. The number of carbonyl (C=O) groups excluding carboxylic acids is 2. The molecule has 1 heterocycles. The number of ketones is 1. The number of nitrogens with one attached hydrogen (secondary N) is 2. The van der Waals surface area contributed by atoms with E-state index in [1.807, 2.05) is 13.8 Å². The molecule has 3 rings (SSSR count). The molecule has 126 valence electrons. The van der Waals surface area contributed by atoms with Crippen molar-refractivity contribution in [1.29, 1.82) is 0 Å². The van der Waals surface area contributed by atoms with Crippen LogP contribution in [0.5, 0.6) is 5.75 Å². The van der Waals surface area contributed by atoms with Crippen LogP contribution in [0, 0.1) is 11.2 Å². The number of Topliss-reactive ketones (excluding diaryl/α,β-unsaturated/α-hetero) is 1. The summed E-state index contributed by atoms with van der Waals surface area (Å²) in [6.07, 6.45) is 2.94. The van der Waals surface area contributed by atoms with E-state index in [1.54, 1.807) is 0 Å². The van der Waals surface area contributed by atoms with Crippen molar-refractivity contribution in [3.05, 3.63) is 47.0 Å². The Labute approximate surface area is 139 Å². The maximum atomic E-state index is 13.9. The number of fused-ring (bicyclic) bond motifs is 1. The van der Waals surface area contributed by atoms with Crippen molar-refractivity contribution in [3.8, 4) is 5.75 Å². The second kappa shape index (κ2) is 5.78. The van der Waals surface area contributed by atoms with E-state index in [1.165, 1.54) is 31.5 Å². The third kappa shape index (κ3) is 2.68. The molecule has 0 saturated heterocycles. The average Bonchev–Trinajstić information content (AvgIpc) is 2.98. The van der Waals surface area contributed by atoms with Crippen molar-refractivity contribution in [1.82, 2.24) is 4.98 Å². The third-order valence-corrected chi connectivity index (χ3v) is 4.47. The molecule has 0 aliphatic heterocycles. The van der Waals surface area contributed by atoms with Crippen molar-refractivity contribution in [3.63, 3.8) is 0 Å². The second-order valence-electron chi connectivity index (χ2n) is 6.57. The number of hydrogen-bond acceptors (Lipinski definition) is 3. The van der Waals surface area contributed by atoms with Gasteiger partial charge in [-0.3, -0.25) is 9.59 Å². The predicted molar refractivity (Wildman–Crippen MR) is 88.1 cm³/mol. The zero-order chi connectivity index (χ0) is 17.5. The summed E-state index contributed by atoms with van der Waals surface area (Å²) in [5.74, 6) is -0.729. The fraction of sp³-hybridized carbons (Fsp3) is 0.333. The van der Waals surface area contributed by atoms with E-state index in [9.17, 15) is 14.0 Å². The molecule has 6 heteroatoms. The first-order valence-electron chi connectivity index (χ1n) is 7.73. The van der Waals surface area contributed by atoms with Crippen LogP contribution in [0.25, 0.3) is 0 Å². The molecule has 0 fully saturated rings. The molecular weight excluding hydrogens is 311 g/mol. The maximum Gasteiger partial charge on any atom is 0.258 e. The molecule has 1 aliphatic carbocycles. The largest absolute Gasteiger partial charge is 0.497 e. The Kier molecular flexibility index (Phi) is 3.91. The van der Waals surface area contributed by atoms with Crippen molar-refractivity contribution < 1.29 is 18.7 Å². The van der Waals surface area contributed by atoms with Crippen LogP contribution in [0.4, 0.5) is 10.1 Å². The molecule has 1 aromatic carbocycles. The minimum Gasteiger partial charge on any atom is -0.497 e. The van der Waals surface area contributed by atoms with Gasteiger partial charge in [-0.2, -0.15) is 0 Å². The topological polar surface area (TPSA) is 71.2 Å². The molecule has 2 aromatic rings. The zero-order valence-corrected chi connectivity index (χ0v) is 13.8. The Morgan fingerprint density at radius 1 is 1.38 bits per heavy atom. The molecular formula is C18H19FN2O3. The van der Waals surface area contributed by atoms with Crippen LogP contribution in [0.1, 0.15) is 46.7 Å². The van der Waals surface area contributed by atoms with E-state index in [4.69, 9.17) is 4.74 Å². The first-order valence-corrected chi connectivity index (χ1v) is 7.73. The normalized spacial score (nSPS) is 15.8. The maximum absolute atomic E-state index is 13.9. The highest BCUT2D eigenvalue weighted by molar-refractivity contribution is 6.15. The van der Waals surface area contributed by atoms with Crippen LogP contribution in [0.15, 0.2) is 24.4 Å². The van der Waals surface area contributed by atoms with E-state index in [-0.39, 0.29) is 17.0 Å². The number of hydrogen-bond donors (Lipinski definition) is 2. The number of aromatic amines is 1. The van der Waals surface area contributed by atoms with Crippen molar-refractivity contribution in [2.75, 3.05) is 12.4 Å².